The number of aromatic nitrogens is 1. The summed E-state index contributed by atoms with van der Waals surface area (Å²) in [5.41, 5.74) is 4.78. The number of hydrogen-bond acceptors (Lipinski definition) is 6. The number of fused-ring (bicyclic) bond motifs is 4. The van der Waals surface area contributed by atoms with E-state index in [0.717, 1.165) is 54.6 Å². The first-order valence-electron chi connectivity index (χ1n) is 13.8. The number of nitrogens with zero attached hydrogens (tertiary/aromatic N) is 1. The second-order valence-electron chi connectivity index (χ2n) is 11.7. The minimum absolute atomic E-state index is 0.122. The summed E-state index contributed by atoms with van der Waals surface area (Å²) in [6.45, 7) is 2.14. The van der Waals surface area contributed by atoms with Gasteiger partial charge in [0.15, 0.2) is 17.6 Å². The molecule has 1 saturated heterocycles. The molecular formula is C31H32N2O7. The highest BCUT2D eigenvalue weighted by molar-refractivity contribution is 5.89. The van der Waals surface area contributed by atoms with E-state index in [0.29, 0.717) is 18.6 Å². The molecule has 1 spiro atoms. The first-order chi connectivity index (χ1) is 19.3. The summed E-state index contributed by atoms with van der Waals surface area (Å²) in [7, 11) is 1.71. The topological polar surface area (TPSA) is 132 Å². The smallest absolute Gasteiger partial charge is 0.328 e. The van der Waals surface area contributed by atoms with Crippen molar-refractivity contribution in [3.05, 3.63) is 70.9 Å². The number of aliphatic carboxylic acids is 2. The van der Waals surface area contributed by atoms with E-state index < -0.39 is 23.0 Å². The van der Waals surface area contributed by atoms with Crippen LogP contribution in [0.1, 0.15) is 47.8 Å². The molecule has 3 aliphatic carbocycles. The van der Waals surface area contributed by atoms with Crippen LogP contribution in [0.25, 0.3) is 10.9 Å². The maximum Gasteiger partial charge on any atom is 0.328 e. The largest absolute Gasteiger partial charge is 0.493 e. The normalized spacial score (nSPS) is 29.2. The zero-order valence-electron chi connectivity index (χ0n) is 22.2. The maximum absolute atomic E-state index is 12.8. The second-order valence-corrected chi connectivity index (χ2v) is 11.7. The number of hydrogen-bond donors (Lipinski definition) is 4. The number of methoxy groups -OCH3 is 1. The summed E-state index contributed by atoms with van der Waals surface area (Å²) in [6, 6.07) is 12.9. The molecule has 2 fully saturated rings. The Bertz CT molecular complexity index is 1560. The van der Waals surface area contributed by atoms with Gasteiger partial charge in [-0.15, -0.1) is 0 Å². The van der Waals surface area contributed by atoms with E-state index in [2.05, 4.69) is 46.3 Å². The number of piperidine rings is 1. The highest BCUT2D eigenvalue weighted by atomic mass is 16.5. The SMILES string of the molecule is COc1ccc2c3c1OC1c4[nH]c5ccccc5c4C[C@@]4(O)[C@@H](C2)N(CC2CC2)CC[C@]314.O=C(O)/C=C/C(=O)O. The van der Waals surface area contributed by atoms with Crippen molar-refractivity contribution in [3.63, 3.8) is 0 Å². The summed E-state index contributed by atoms with van der Waals surface area (Å²) < 4.78 is 12.6. The third-order valence-corrected chi connectivity index (χ3v) is 9.64. The number of H-pyrrole nitrogens is 1. The lowest BCUT2D eigenvalue weighted by Crippen LogP contribution is -2.74. The van der Waals surface area contributed by atoms with Crippen LogP contribution in [0.2, 0.25) is 0 Å². The number of para-hydroxylation sites is 1. The molecule has 2 aliphatic heterocycles. The van der Waals surface area contributed by atoms with E-state index >= 15 is 0 Å². The predicted molar refractivity (Wildman–Crippen MR) is 146 cm³/mol. The van der Waals surface area contributed by atoms with Crippen molar-refractivity contribution in [1.29, 1.82) is 0 Å². The van der Waals surface area contributed by atoms with E-state index in [1.165, 1.54) is 34.9 Å². The number of aliphatic hydroxyl groups is 1. The van der Waals surface area contributed by atoms with E-state index in [4.69, 9.17) is 19.7 Å². The molecule has 1 saturated carbocycles. The zero-order chi connectivity index (χ0) is 27.8. The molecule has 3 aromatic rings. The van der Waals surface area contributed by atoms with Gasteiger partial charge in [0.2, 0.25) is 0 Å². The van der Waals surface area contributed by atoms with Crippen molar-refractivity contribution in [2.45, 2.75) is 55.3 Å². The van der Waals surface area contributed by atoms with Crippen LogP contribution in [0, 0.1) is 5.92 Å². The van der Waals surface area contributed by atoms with Crippen molar-refractivity contribution < 1.29 is 34.4 Å². The van der Waals surface area contributed by atoms with Gasteiger partial charge in [0.1, 0.15) is 0 Å². The Morgan fingerprint density at radius 3 is 2.60 bits per heavy atom. The lowest BCUT2D eigenvalue weighted by atomic mass is 9.49. The van der Waals surface area contributed by atoms with Crippen LogP contribution in [-0.4, -0.2) is 69.0 Å². The number of aromatic amines is 1. The summed E-state index contributed by atoms with van der Waals surface area (Å²) in [5, 5.41) is 29.7. The number of benzene rings is 2. The van der Waals surface area contributed by atoms with Crippen LogP contribution in [-0.2, 0) is 27.8 Å². The molecule has 4 atom stereocenters. The molecule has 1 aromatic heterocycles. The fourth-order valence-electron chi connectivity index (χ4n) is 7.87. The van der Waals surface area contributed by atoms with Crippen LogP contribution in [0.5, 0.6) is 11.5 Å². The van der Waals surface area contributed by atoms with Crippen molar-refractivity contribution >= 4 is 22.8 Å². The molecule has 0 radical (unpaired) electrons. The minimum Gasteiger partial charge on any atom is -0.493 e. The molecular weight excluding hydrogens is 512 g/mol. The van der Waals surface area contributed by atoms with Gasteiger partial charge in [-0.05, 0) is 61.4 Å². The predicted octanol–water partition coefficient (Wildman–Crippen LogP) is 3.59. The third kappa shape index (κ3) is 3.47. The Morgan fingerprint density at radius 1 is 1.15 bits per heavy atom. The van der Waals surface area contributed by atoms with Gasteiger partial charge in [0, 0.05) is 47.6 Å². The van der Waals surface area contributed by atoms with Crippen LogP contribution >= 0.6 is 0 Å². The summed E-state index contributed by atoms with van der Waals surface area (Å²) >= 11 is 0. The quantitative estimate of drug-likeness (QED) is 0.359. The Morgan fingerprint density at radius 2 is 1.90 bits per heavy atom. The third-order valence-electron chi connectivity index (χ3n) is 9.64. The van der Waals surface area contributed by atoms with Crippen molar-refractivity contribution in [2.24, 2.45) is 5.92 Å². The van der Waals surface area contributed by atoms with Crippen molar-refractivity contribution in [2.75, 3.05) is 20.2 Å². The maximum atomic E-state index is 12.8. The number of carbonyl (C=O) groups is 2. The average Bonchev–Trinajstić information content (AvgIpc) is 3.57. The highest BCUT2D eigenvalue weighted by Gasteiger charge is 2.72. The van der Waals surface area contributed by atoms with Gasteiger partial charge >= 0.3 is 11.9 Å². The lowest BCUT2D eigenvalue weighted by Gasteiger charge is -2.62. The highest BCUT2D eigenvalue weighted by Crippen LogP contribution is 2.69. The van der Waals surface area contributed by atoms with E-state index in [1.807, 2.05) is 0 Å². The molecule has 2 aromatic carbocycles. The van der Waals surface area contributed by atoms with Gasteiger partial charge in [0.05, 0.1) is 23.8 Å². The summed E-state index contributed by atoms with van der Waals surface area (Å²) in [6.07, 6.45) is 6.05. The second kappa shape index (κ2) is 8.84. The number of carboxylic acid groups (broad SMARTS) is 2. The molecule has 2 bridgehead atoms. The Hall–Kier alpha value is -3.82. The standard InChI is InChI=1S/C27H28N2O3.C4H4O4/c1-31-20-9-8-16-12-21-27(30)13-18-17-4-2-3-5-19(17)28-23(18)25-26(27,22(16)24(20)32-25)10-11-29(21)14-15-6-7-15;5-3(6)1-2-4(7)8/h2-5,8-9,15,21,25,28,30H,6-7,10-14H2,1H3;1-2H,(H,5,6)(H,7,8)/b;2-1+/t21-,25?,26+,27-;/m1./s1. The van der Waals surface area contributed by atoms with E-state index in [9.17, 15) is 14.7 Å². The summed E-state index contributed by atoms with van der Waals surface area (Å²) in [4.78, 5) is 25.4. The Balaban J connectivity index is 0.000000293. The molecule has 9 heteroatoms. The van der Waals surface area contributed by atoms with Crippen LogP contribution in [0.4, 0.5) is 0 Å². The molecule has 4 N–H and O–H groups in total. The fourth-order valence-corrected chi connectivity index (χ4v) is 7.87. The van der Waals surface area contributed by atoms with Gasteiger partial charge in [-0.1, -0.05) is 24.3 Å². The number of nitrogens with one attached hydrogen (secondary N) is 1. The average molecular weight is 545 g/mol. The Kier molecular flexibility index (Phi) is 5.56. The van der Waals surface area contributed by atoms with Gasteiger partial charge in [-0.3, -0.25) is 4.90 Å². The Labute approximate surface area is 231 Å². The van der Waals surface area contributed by atoms with Crippen molar-refractivity contribution in [3.8, 4) is 11.5 Å². The number of likely N-dealkylation sites (tertiary alicyclic amines) is 1. The van der Waals surface area contributed by atoms with E-state index in [-0.39, 0.29) is 12.1 Å². The van der Waals surface area contributed by atoms with Gasteiger partial charge in [0.25, 0.3) is 0 Å². The fraction of sp³-hybridized carbons (Fsp3) is 0.419. The van der Waals surface area contributed by atoms with Crippen LogP contribution in [0.3, 0.4) is 0 Å². The van der Waals surface area contributed by atoms with Gasteiger partial charge in [-0.2, -0.15) is 0 Å². The molecule has 0 amide bonds. The molecule has 8 rings (SSSR count). The number of carboxylic acids is 2. The number of ether oxygens (including phenoxy) is 2. The van der Waals surface area contributed by atoms with Gasteiger partial charge in [-0.25, -0.2) is 9.59 Å². The molecule has 1 unspecified atom stereocenters. The first-order valence-corrected chi connectivity index (χ1v) is 13.8. The molecule has 208 valence electrons. The monoisotopic (exact) mass is 544 g/mol. The van der Waals surface area contributed by atoms with E-state index in [1.54, 1.807) is 7.11 Å². The zero-order valence-corrected chi connectivity index (χ0v) is 22.2. The molecule has 3 heterocycles. The number of rotatable bonds is 5. The van der Waals surface area contributed by atoms with Crippen LogP contribution < -0.4 is 9.47 Å². The summed E-state index contributed by atoms with van der Waals surface area (Å²) in [5.74, 6) is -0.0661. The lowest BCUT2D eigenvalue weighted by molar-refractivity contribution is -0.173. The van der Waals surface area contributed by atoms with Crippen molar-refractivity contribution in [1.82, 2.24) is 9.88 Å². The molecule has 9 nitrogen and oxygen atoms in total. The molecule has 5 aliphatic rings. The first kappa shape index (κ1) is 25.2. The van der Waals surface area contributed by atoms with Crippen LogP contribution in [0.15, 0.2) is 48.6 Å². The van der Waals surface area contributed by atoms with Gasteiger partial charge < -0.3 is 29.8 Å². The minimum atomic E-state index is -1.26. The molecule has 40 heavy (non-hydrogen) atoms.